The summed E-state index contributed by atoms with van der Waals surface area (Å²) in [6.07, 6.45) is 3.17. The monoisotopic (exact) mass is 1290 g/mol. The molecule has 0 radical (unpaired) electrons. The summed E-state index contributed by atoms with van der Waals surface area (Å²) >= 11 is 0. The molecule has 4 atom stereocenters. The molecule has 1 aromatic heterocycles. The first kappa shape index (κ1) is 65.7. The molecule has 8 N–H and O–H groups in total. The van der Waals surface area contributed by atoms with Gasteiger partial charge in [0.25, 0.3) is 16.0 Å². The second kappa shape index (κ2) is 24.7. The Morgan fingerprint density at radius 3 is 2.29 bits per heavy atom. The van der Waals surface area contributed by atoms with E-state index >= 15 is 0 Å². The maximum absolute atomic E-state index is 14.8. The largest absolute Gasteiger partial charge is 0.748 e. The molecule has 0 spiro atoms. The second-order valence-corrected chi connectivity index (χ2v) is 28.9. The predicted octanol–water partition coefficient (Wildman–Crippen LogP) is 3.34. The number of benzene rings is 3. The van der Waals surface area contributed by atoms with Gasteiger partial charge in [-0.15, -0.1) is 0 Å². The van der Waals surface area contributed by atoms with E-state index in [1.54, 1.807) is 67.7 Å². The van der Waals surface area contributed by atoms with Crippen molar-refractivity contribution in [3.63, 3.8) is 0 Å². The summed E-state index contributed by atoms with van der Waals surface area (Å²) in [5.74, 6) is 3.55. The van der Waals surface area contributed by atoms with Gasteiger partial charge < -0.3 is 54.5 Å². The highest BCUT2D eigenvalue weighted by Crippen LogP contribution is 2.66. The molecule has 0 aliphatic carbocycles. The Labute approximate surface area is 494 Å². The number of phosphoric ester groups is 1. The van der Waals surface area contributed by atoms with Crippen LogP contribution in [0.4, 0.5) is 11.5 Å². The predicted molar refractivity (Wildman–Crippen MR) is 312 cm³/mol. The molecule has 4 aromatic rings. The van der Waals surface area contributed by atoms with Crippen molar-refractivity contribution >= 4 is 83.7 Å². The van der Waals surface area contributed by atoms with Gasteiger partial charge in [0.2, 0.25) is 11.3 Å². The average molecular weight is 1290 g/mol. The summed E-state index contributed by atoms with van der Waals surface area (Å²) in [5.41, 5.74) is 7.42. The van der Waals surface area contributed by atoms with E-state index in [4.69, 9.17) is 25.0 Å². The first-order valence-corrected chi connectivity index (χ1v) is 34.3. The molecule has 4 aliphatic heterocycles. The number of carbonyl (C=O) groups is 2. The van der Waals surface area contributed by atoms with E-state index in [0.29, 0.717) is 74.3 Å². The highest BCUT2D eigenvalue weighted by Gasteiger charge is 2.43. The third-order valence-corrected chi connectivity index (χ3v) is 19.6. The van der Waals surface area contributed by atoms with E-state index in [2.05, 4.69) is 44.8 Å². The van der Waals surface area contributed by atoms with Crippen molar-refractivity contribution in [3.8, 4) is 23.3 Å². The van der Waals surface area contributed by atoms with Crippen molar-refractivity contribution in [3.05, 3.63) is 121 Å². The van der Waals surface area contributed by atoms with Crippen molar-refractivity contribution in [2.24, 2.45) is 0 Å². The van der Waals surface area contributed by atoms with Crippen molar-refractivity contribution in [1.29, 1.82) is 0 Å². The van der Waals surface area contributed by atoms with Crippen molar-refractivity contribution in [2.75, 3.05) is 62.0 Å². The van der Waals surface area contributed by atoms with Gasteiger partial charge in [-0.1, -0.05) is 36.1 Å². The van der Waals surface area contributed by atoms with E-state index in [9.17, 15) is 63.8 Å². The lowest BCUT2D eigenvalue weighted by molar-refractivity contribution is -0.121. The average Bonchev–Trinajstić information content (AvgIpc) is 0.799. The van der Waals surface area contributed by atoms with Crippen LogP contribution in [0.3, 0.4) is 0 Å². The van der Waals surface area contributed by atoms with E-state index in [1.807, 2.05) is 41.5 Å². The number of fused-ring (bicyclic) bond motifs is 4. The first-order chi connectivity index (χ1) is 39.9. The van der Waals surface area contributed by atoms with Crippen LogP contribution in [-0.4, -0.2) is 140 Å². The second-order valence-electron chi connectivity index (χ2n) is 21.6. The minimum Gasteiger partial charge on any atom is -0.748 e. The van der Waals surface area contributed by atoms with E-state index in [0.717, 1.165) is 4.57 Å². The molecule has 0 saturated carbocycles. The minimum absolute atomic E-state index is 0.0467. The molecule has 3 aromatic carbocycles. The molecule has 2 amide bonds. The number of nitrogens with one attached hydrogen (secondary N) is 1. The molecular formula is C53H64N7O21P3S2. The normalized spacial score (nSPS) is 19.2. The molecule has 1 saturated heterocycles. The fourth-order valence-electron chi connectivity index (χ4n) is 11.1. The zero-order valence-electron chi connectivity index (χ0n) is 47.5. The Kier molecular flexibility index (Phi) is 18.9. The Hall–Kier alpha value is -6.22. The van der Waals surface area contributed by atoms with Gasteiger partial charge in [-0.3, -0.25) is 23.2 Å². The van der Waals surface area contributed by atoms with E-state index in [-0.39, 0.29) is 61.3 Å². The van der Waals surface area contributed by atoms with Crippen LogP contribution in [0.15, 0.2) is 71.7 Å². The third kappa shape index (κ3) is 15.4. The molecule has 464 valence electrons. The maximum Gasteiger partial charge on any atom is 0.490 e. The minimum atomic E-state index is -5.75. The van der Waals surface area contributed by atoms with Gasteiger partial charge in [0.05, 0.1) is 57.9 Å². The number of hydrogen-bond acceptors (Lipinski definition) is 19. The lowest BCUT2D eigenvalue weighted by Crippen LogP contribution is -2.50. The number of nitrogens with two attached hydrogens (primary N) is 1. The maximum atomic E-state index is 14.8. The molecule has 86 heavy (non-hydrogen) atoms. The number of likely N-dealkylation sites (N-methyl/N-ethyl adjacent to an activating group) is 2. The quantitative estimate of drug-likeness (QED) is 0.0240. The van der Waals surface area contributed by atoms with Crippen LogP contribution in [0, 0.1) is 11.8 Å². The van der Waals surface area contributed by atoms with Gasteiger partial charge >= 0.3 is 29.2 Å². The van der Waals surface area contributed by atoms with Crippen LogP contribution in [0.5, 0.6) is 11.5 Å². The van der Waals surface area contributed by atoms with Crippen LogP contribution < -0.4 is 41.5 Å². The summed E-state index contributed by atoms with van der Waals surface area (Å²) in [7, 11) is -24.6. The van der Waals surface area contributed by atoms with Crippen molar-refractivity contribution < 1.29 is 91.4 Å². The van der Waals surface area contributed by atoms with Gasteiger partial charge in [-0.2, -0.15) is 22.0 Å². The van der Waals surface area contributed by atoms with Crippen LogP contribution >= 0.6 is 23.5 Å². The topological polar surface area (TPSA) is 406 Å². The number of nitrogen functional groups attached to an aromatic ring is 1. The molecule has 28 nitrogen and oxygen atoms in total. The summed E-state index contributed by atoms with van der Waals surface area (Å²) in [4.78, 5) is 84.6. The zero-order chi connectivity index (χ0) is 63.3. The number of rotatable bonds is 21. The smallest absolute Gasteiger partial charge is 0.490 e. The summed E-state index contributed by atoms with van der Waals surface area (Å²) in [6.45, 7) is 11.7. The Morgan fingerprint density at radius 2 is 1.63 bits per heavy atom. The van der Waals surface area contributed by atoms with Crippen LogP contribution in [-0.2, 0) is 56.6 Å². The van der Waals surface area contributed by atoms with Crippen LogP contribution in [0.1, 0.15) is 112 Å². The van der Waals surface area contributed by atoms with Crippen molar-refractivity contribution in [1.82, 2.24) is 24.3 Å². The summed E-state index contributed by atoms with van der Waals surface area (Å²) < 4.78 is 135. The summed E-state index contributed by atoms with van der Waals surface area (Å²) in [5, 5.41) is 3.74. The SMILES string of the molecule is CCN1c2cc3c(cc2C(CS(=O)(=O)[O-])=CC1(C)C)C(c1ccccc1C(=O)N(C)CCCC(=O)NCC#Cc1cn([C@H]2CC[C@@H](COP(=O)(O)OP(=O)(O)OP(=O)(O)O)O2)c(=O)nc1N)=c1cc2c(cc1O3)=[N+](CC)C(C)(C)C=C2CS(=O)(=O)O. The Morgan fingerprint density at radius 1 is 0.930 bits per heavy atom. The molecule has 4 aliphatic rings. The molecule has 33 heteroatoms. The Balaban J connectivity index is 1.02. The Bertz CT molecular complexity index is 4170. The highest BCUT2D eigenvalue weighted by atomic mass is 32.2. The molecule has 1 fully saturated rings. The van der Waals surface area contributed by atoms with Crippen LogP contribution in [0.25, 0.3) is 16.7 Å². The fraction of sp³-hybridized carbons (Fsp3) is 0.415. The highest BCUT2D eigenvalue weighted by molar-refractivity contribution is 7.86. The van der Waals surface area contributed by atoms with Gasteiger partial charge in [0, 0.05) is 85.8 Å². The van der Waals surface area contributed by atoms with Crippen molar-refractivity contribution in [2.45, 2.75) is 90.6 Å². The van der Waals surface area contributed by atoms with Crippen LogP contribution in [0.2, 0.25) is 0 Å². The first-order valence-electron chi connectivity index (χ1n) is 26.6. The number of amides is 2. The van der Waals surface area contributed by atoms with E-state index < -0.39 is 103 Å². The molecule has 8 rings (SSSR count). The molecule has 0 bridgehead atoms. The number of aromatic nitrogens is 2. The number of nitrogens with zero attached hydrogens (tertiary/aromatic N) is 5. The third-order valence-electron chi connectivity index (χ3n) is 14.5. The standard InChI is InChI=1S/C53H64N7O21P3S2/c1-8-59-42-24-44-40(22-38(42)33(26-52(59,3)4)30-85(71,72)73)48(41-23-39-34(31-86(74,75)76)27-53(5,6)60(9-2)43(39)25-45(41)79-44)36-15-10-11-16-37(36)50(62)57(7)21-13-17-46(61)55-20-12-14-32-28-58(51(63)56-49(32)54)47-19-18-35(78-47)29-77-83(67,68)81-84(69,70)80-82(64,65)66/h10-11,15-16,22-28,35,47H,8-9,13,17-21,29-31H2,1-7H3,(H8-,54,55,56,61,63,64,65,66,67,68,69,70,71,72,73,74,75,76)/t35-,47+/m0/s1. The lowest BCUT2D eigenvalue weighted by Gasteiger charge is -2.44. The lowest BCUT2D eigenvalue weighted by atomic mass is 9.83. The van der Waals surface area contributed by atoms with E-state index in [1.165, 1.54) is 11.1 Å². The zero-order valence-corrected chi connectivity index (χ0v) is 51.8. The number of carbonyl (C=O) groups excluding carboxylic acids is 2. The fourth-order valence-corrected chi connectivity index (χ4v) is 15.4. The number of ether oxygens (including phenoxy) is 2. The summed E-state index contributed by atoms with van der Waals surface area (Å²) in [6, 6.07) is 13.9. The number of hydrogen-bond donors (Lipinski definition) is 7. The van der Waals surface area contributed by atoms with Gasteiger partial charge in [-0.25, -0.2) is 31.5 Å². The van der Waals surface area contributed by atoms with Gasteiger partial charge in [0.15, 0.2) is 5.54 Å². The van der Waals surface area contributed by atoms with Gasteiger partial charge in [0.1, 0.15) is 35.8 Å². The molecule has 2 unspecified atom stereocenters. The molecular weight excluding hydrogens is 1230 g/mol. The molecule has 5 heterocycles. The number of phosphoric acid groups is 3. The van der Waals surface area contributed by atoms with Gasteiger partial charge in [-0.05, 0) is 87.9 Å². The number of anilines is 2.